The molecule has 0 saturated carbocycles. The quantitative estimate of drug-likeness (QED) is 0.742. The molecule has 4 nitrogen and oxygen atoms in total. The molecule has 0 saturated heterocycles. The van der Waals surface area contributed by atoms with Crippen LogP contribution >= 0.6 is 0 Å². The lowest BCUT2D eigenvalue weighted by Crippen LogP contribution is -2.13. The minimum Gasteiger partial charge on any atom is -0.320 e. The maximum absolute atomic E-state index is 4.53. The zero-order chi connectivity index (χ0) is 11.7. The molecule has 0 aliphatic carbocycles. The SMILES string of the molecule is Cc1nc2ccccn2c1CNn1cccc1. The summed E-state index contributed by atoms with van der Waals surface area (Å²) in [5, 5.41) is 0. The molecular formula is C13H14N4. The van der Waals surface area contributed by atoms with Crippen LogP contribution in [-0.4, -0.2) is 14.1 Å². The van der Waals surface area contributed by atoms with Gasteiger partial charge in [-0.15, -0.1) is 0 Å². The molecule has 0 bridgehead atoms. The molecule has 0 aromatic carbocycles. The minimum atomic E-state index is 0.756. The lowest BCUT2D eigenvalue weighted by Gasteiger charge is -2.08. The number of aromatic nitrogens is 3. The van der Waals surface area contributed by atoms with E-state index in [1.165, 1.54) is 5.69 Å². The minimum absolute atomic E-state index is 0.756. The third-order valence-electron chi connectivity index (χ3n) is 2.86. The van der Waals surface area contributed by atoms with Crippen LogP contribution < -0.4 is 5.43 Å². The Kier molecular flexibility index (Phi) is 2.33. The van der Waals surface area contributed by atoms with Gasteiger partial charge in [0.05, 0.1) is 17.9 Å². The standard InChI is InChI=1S/C13H14N4/c1-11-12(10-14-16-7-4-5-8-16)17-9-3-2-6-13(17)15-11/h2-9,14H,10H2,1H3. The lowest BCUT2D eigenvalue weighted by molar-refractivity contribution is 0.817. The highest BCUT2D eigenvalue weighted by Crippen LogP contribution is 2.11. The van der Waals surface area contributed by atoms with E-state index >= 15 is 0 Å². The first kappa shape index (κ1) is 9.96. The predicted octanol–water partition coefficient (Wildman–Crippen LogP) is 2.19. The maximum Gasteiger partial charge on any atom is 0.137 e. The zero-order valence-corrected chi connectivity index (χ0v) is 9.67. The van der Waals surface area contributed by atoms with E-state index in [4.69, 9.17) is 0 Å². The van der Waals surface area contributed by atoms with Crippen molar-refractivity contribution in [2.75, 3.05) is 5.43 Å². The summed E-state index contributed by atoms with van der Waals surface area (Å²) >= 11 is 0. The first-order chi connectivity index (χ1) is 8.34. The molecule has 4 heteroatoms. The van der Waals surface area contributed by atoms with E-state index in [2.05, 4.69) is 14.8 Å². The molecule has 3 rings (SSSR count). The summed E-state index contributed by atoms with van der Waals surface area (Å²) in [6, 6.07) is 10.0. The molecule has 17 heavy (non-hydrogen) atoms. The molecule has 0 atom stereocenters. The Balaban J connectivity index is 1.92. The zero-order valence-electron chi connectivity index (χ0n) is 9.67. The highest BCUT2D eigenvalue weighted by atomic mass is 15.4. The lowest BCUT2D eigenvalue weighted by atomic mass is 10.3. The van der Waals surface area contributed by atoms with Crippen molar-refractivity contribution in [1.29, 1.82) is 0 Å². The van der Waals surface area contributed by atoms with Crippen molar-refractivity contribution in [2.24, 2.45) is 0 Å². The topological polar surface area (TPSA) is 34.3 Å². The van der Waals surface area contributed by atoms with Gasteiger partial charge in [0.1, 0.15) is 5.65 Å². The van der Waals surface area contributed by atoms with Gasteiger partial charge < -0.3 is 9.83 Å². The molecule has 0 radical (unpaired) electrons. The van der Waals surface area contributed by atoms with E-state index in [1.54, 1.807) is 0 Å². The summed E-state index contributed by atoms with van der Waals surface area (Å²) < 4.78 is 4.06. The van der Waals surface area contributed by atoms with Gasteiger partial charge in [-0.05, 0) is 31.2 Å². The summed E-state index contributed by atoms with van der Waals surface area (Å²) in [5.41, 5.74) is 6.57. The summed E-state index contributed by atoms with van der Waals surface area (Å²) in [6.07, 6.45) is 6.01. The van der Waals surface area contributed by atoms with E-state index < -0.39 is 0 Å². The first-order valence-corrected chi connectivity index (χ1v) is 5.64. The number of nitrogens with zero attached hydrogens (tertiary/aromatic N) is 3. The van der Waals surface area contributed by atoms with Crippen molar-refractivity contribution in [3.63, 3.8) is 0 Å². The van der Waals surface area contributed by atoms with Gasteiger partial charge in [-0.1, -0.05) is 6.07 Å². The van der Waals surface area contributed by atoms with Gasteiger partial charge in [0, 0.05) is 18.6 Å². The second kappa shape index (κ2) is 3.97. The molecule has 0 amide bonds. The van der Waals surface area contributed by atoms with Crippen molar-refractivity contribution >= 4 is 5.65 Å². The third-order valence-corrected chi connectivity index (χ3v) is 2.86. The Hall–Kier alpha value is -2.23. The summed E-state index contributed by atoms with van der Waals surface area (Å²) in [7, 11) is 0. The molecule has 0 spiro atoms. The number of nitrogens with one attached hydrogen (secondary N) is 1. The predicted molar refractivity (Wildman–Crippen MR) is 67.4 cm³/mol. The Morgan fingerprint density at radius 3 is 2.71 bits per heavy atom. The van der Waals surface area contributed by atoms with Crippen LogP contribution in [-0.2, 0) is 6.54 Å². The molecule has 0 fully saturated rings. The Morgan fingerprint density at radius 1 is 1.12 bits per heavy atom. The number of aryl methyl sites for hydroxylation is 1. The van der Waals surface area contributed by atoms with E-state index in [1.807, 2.05) is 60.5 Å². The highest BCUT2D eigenvalue weighted by molar-refractivity contribution is 5.42. The van der Waals surface area contributed by atoms with Crippen LogP contribution in [0.5, 0.6) is 0 Å². The largest absolute Gasteiger partial charge is 0.320 e. The van der Waals surface area contributed by atoms with Gasteiger partial charge in [-0.25, -0.2) is 4.98 Å². The fraction of sp³-hybridized carbons (Fsp3) is 0.154. The number of imidazole rings is 1. The summed E-state index contributed by atoms with van der Waals surface area (Å²) in [4.78, 5) is 4.53. The second-order valence-electron chi connectivity index (χ2n) is 4.00. The van der Waals surface area contributed by atoms with Crippen molar-refractivity contribution in [2.45, 2.75) is 13.5 Å². The van der Waals surface area contributed by atoms with Gasteiger partial charge in [0.2, 0.25) is 0 Å². The Labute approximate surface area is 99.5 Å². The van der Waals surface area contributed by atoms with Crippen molar-refractivity contribution < 1.29 is 0 Å². The molecule has 3 aromatic heterocycles. The molecule has 3 heterocycles. The number of hydrogen-bond acceptors (Lipinski definition) is 2. The molecule has 86 valence electrons. The van der Waals surface area contributed by atoms with Crippen LogP contribution in [0.15, 0.2) is 48.9 Å². The smallest absolute Gasteiger partial charge is 0.137 e. The van der Waals surface area contributed by atoms with E-state index in [9.17, 15) is 0 Å². The van der Waals surface area contributed by atoms with Crippen molar-refractivity contribution in [3.05, 3.63) is 60.3 Å². The van der Waals surface area contributed by atoms with Gasteiger partial charge in [-0.2, -0.15) is 0 Å². The summed E-state index contributed by atoms with van der Waals surface area (Å²) in [5.74, 6) is 0. The van der Waals surface area contributed by atoms with Gasteiger partial charge in [0.15, 0.2) is 0 Å². The highest BCUT2D eigenvalue weighted by Gasteiger charge is 2.06. The molecule has 0 aliphatic heterocycles. The van der Waals surface area contributed by atoms with E-state index in [-0.39, 0.29) is 0 Å². The second-order valence-corrected chi connectivity index (χ2v) is 4.00. The number of rotatable bonds is 3. The third kappa shape index (κ3) is 1.78. The number of fused-ring (bicyclic) bond motifs is 1. The van der Waals surface area contributed by atoms with E-state index in [0.717, 1.165) is 17.9 Å². The van der Waals surface area contributed by atoms with Crippen molar-refractivity contribution in [1.82, 2.24) is 14.1 Å². The molecule has 1 N–H and O–H groups in total. The average molecular weight is 226 g/mol. The number of hydrogen-bond donors (Lipinski definition) is 1. The Morgan fingerprint density at radius 2 is 1.88 bits per heavy atom. The number of pyridine rings is 1. The fourth-order valence-electron chi connectivity index (χ4n) is 1.98. The molecular weight excluding hydrogens is 212 g/mol. The molecule has 0 aliphatic rings. The fourth-order valence-corrected chi connectivity index (χ4v) is 1.98. The van der Waals surface area contributed by atoms with Gasteiger partial charge in [0.25, 0.3) is 0 Å². The van der Waals surface area contributed by atoms with Crippen LogP contribution in [0, 0.1) is 6.92 Å². The van der Waals surface area contributed by atoms with Crippen LogP contribution in [0.25, 0.3) is 5.65 Å². The van der Waals surface area contributed by atoms with Crippen LogP contribution in [0.2, 0.25) is 0 Å². The van der Waals surface area contributed by atoms with Crippen LogP contribution in [0.3, 0.4) is 0 Å². The average Bonchev–Trinajstić information content (AvgIpc) is 2.93. The normalized spacial score (nSPS) is 10.9. The monoisotopic (exact) mass is 226 g/mol. The van der Waals surface area contributed by atoms with E-state index in [0.29, 0.717) is 0 Å². The molecule has 3 aromatic rings. The van der Waals surface area contributed by atoms with Crippen LogP contribution in [0.1, 0.15) is 11.4 Å². The maximum atomic E-state index is 4.53. The Bertz CT molecular complexity index is 622. The van der Waals surface area contributed by atoms with Crippen molar-refractivity contribution in [3.8, 4) is 0 Å². The molecule has 0 unspecified atom stereocenters. The van der Waals surface area contributed by atoms with Gasteiger partial charge >= 0.3 is 0 Å². The summed E-state index contributed by atoms with van der Waals surface area (Å²) in [6.45, 7) is 2.80. The first-order valence-electron chi connectivity index (χ1n) is 5.64. The van der Waals surface area contributed by atoms with Crippen LogP contribution in [0.4, 0.5) is 0 Å². The van der Waals surface area contributed by atoms with Gasteiger partial charge in [-0.3, -0.25) is 4.68 Å².